The van der Waals surface area contributed by atoms with Crippen LogP contribution >= 0.6 is 0 Å². The van der Waals surface area contributed by atoms with Gasteiger partial charge in [0.2, 0.25) is 15.9 Å². The van der Waals surface area contributed by atoms with Crippen LogP contribution < -0.4 is 14.9 Å². The van der Waals surface area contributed by atoms with Crippen LogP contribution in [0.15, 0.2) is 30.3 Å². The summed E-state index contributed by atoms with van der Waals surface area (Å²) in [5.74, 6) is -0.723. The minimum Gasteiger partial charge on any atom is -0.352 e. The van der Waals surface area contributed by atoms with Crippen LogP contribution in [0, 0.1) is 12.8 Å². The first-order valence-corrected chi connectivity index (χ1v) is 13.6. The Hall–Kier alpha value is -4.07. The Kier molecular flexibility index (Phi) is 6.29. The highest BCUT2D eigenvalue weighted by molar-refractivity contribution is 7.92. The van der Waals surface area contributed by atoms with E-state index < -0.39 is 22.3 Å². The van der Waals surface area contributed by atoms with E-state index in [1.165, 1.54) is 13.1 Å². The number of anilines is 4. The summed E-state index contributed by atoms with van der Waals surface area (Å²) in [5, 5.41) is 10.3. The van der Waals surface area contributed by atoms with Crippen LogP contribution in [0.3, 0.4) is 0 Å². The summed E-state index contributed by atoms with van der Waals surface area (Å²) < 4.78 is 54.7. The minimum absolute atomic E-state index is 0.0509. The number of alkyl halides is 2. The zero-order valence-electron chi connectivity index (χ0n) is 21.1. The average Bonchev–Trinajstić information content (AvgIpc) is 3.52. The maximum Gasteiger partial charge on any atom is 0.295 e. The van der Waals surface area contributed by atoms with Crippen molar-refractivity contribution in [3.8, 4) is 11.3 Å². The number of aryl methyl sites for hydroxylation is 2. The van der Waals surface area contributed by atoms with Gasteiger partial charge in [-0.05, 0) is 38.0 Å². The van der Waals surface area contributed by atoms with E-state index in [0.29, 0.717) is 22.6 Å². The van der Waals surface area contributed by atoms with Crippen molar-refractivity contribution < 1.29 is 22.0 Å². The van der Waals surface area contributed by atoms with Crippen LogP contribution in [-0.2, 0) is 21.9 Å². The largest absolute Gasteiger partial charge is 0.352 e. The monoisotopic (exact) mass is 544 g/mol. The van der Waals surface area contributed by atoms with Crippen molar-refractivity contribution in [2.24, 2.45) is 13.0 Å². The highest BCUT2D eigenvalue weighted by Crippen LogP contribution is 2.37. The molecular formula is C24H26F2N8O3S. The minimum atomic E-state index is -3.67. The summed E-state index contributed by atoms with van der Waals surface area (Å²) >= 11 is 0. The SMILES string of the molecule is Cc1cc(-c2ccc(Nc3cc(NC(=O)C4CC4)nc4[nH]c(C(F)F)nc34)c(N(C)S(C)(=O)=O)c2)nn1C. The molecule has 4 aromatic rings. The van der Waals surface area contributed by atoms with E-state index in [1.807, 2.05) is 20.0 Å². The number of carbonyl (C=O) groups is 1. The molecule has 0 saturated heterocycles. The van der Waals surface area contributed by atoms with Gasteiger partial charge in [0, 0.05) is 37.3 Å². The van der Waals surface area contributed by atoms with Crippen LogP contribution in [0.2, 0.25) is 0 Å². The topological polar surface area (TPSA) is 138 Å². The van der Waals surface area contributed by atoms with Gasteiger partial charge in [-0.2, -0.15) is 5.10 Å². The van der Waals surface area contributed by atoms with E-state index in [2.05, 4.69) is 30.7 Å². The van der Waals surface area contributed by atoms with Crippen molar-refractivity contribution in [2.45, 2.75) is 26.2 Å². The number of pyridine rings is 1. The van der Waals surface area contributed by atoms with Gasteiger partial charge in [-0.1, -0.05) is 6.07 Å². The molecule has 5 rings (SSSR count). The molecular weight excluding hydrogens is 518 g/mol. The normalized spacial score (nSPS) is 13.8. The molecule has 1 aliphatic carbocycles. The van der Waals surface area contributed by atoms with Gasteiger partial charge in [-0.15, -0.1) is 0 Å². The first-order valence-electron chi connectivity index (χ1n) is 11.8. The number of rotatable bonds is 8. The van der Waals surface area contributed by atoms with Crippen LogP contribution in [0.4, 0.5) is 31.7 Å². The van der Waals surface area contributed by atoms with Crippen molar-refractivity contribution in [3.05, 3.63) is 41.9 Å². The molecule has 3 N–H and O–H groups in total. The second-order valence-corrected chi connectivity index (χ2v) is 11.3. The fourth-order valence-electron chi connectivity index (χ4n) is 3.93. The Morgan fingerprint density at radius 2 is 1.92 bits per heavy atom. The number of benzene rings is 1. The third kappa shape index (κ3) is 5.03. The van der Waals surface area contributed by atoms with Gasteiger partial charge in [-0.3, -0.25) is 13.8 Å². The van der Waals surface area contributed by atoms with Crippen molar-refractivity contribution >= 4 is 50.0 Å². The lowest BCUT2D eigenvalue weighted by atomic mass is 10.1. The number of imidazole rings is 1. The Morgan fingerprint density at radius 1 is 1.18 bits per heavy atom. The molecule has 0 spiro atoms. The lowest BCUT2D eigenvalue weighted by molar-refractivity contribution is -0.117. The number of hydrogen-bond acceptors (Lipinski definition) is 7. The number of halogens is 2. The number of nitrogens with zero attached hydrogens (tertiary/aromatic N) is 5. The molecule has 1 fully saturated rings. The Labute approximate surface area is 217 Å². The van der Waals surface area contributed by atoms with E-state index in [0.717, 1.165) is 29.1 Å². The van der Waals surface area contributed by atoms with Gasteiger partial charge in [0.05, 0.1) is 29.0 Å². The Bertz CT molecular complexity index is 1640. The third-order valence-corrected chi connectivity index (χ3v) is 7.58. The number of hydrogen-bond donors (Lipinski definition) is 3. The quantitative estimate of drug-likeness (QED) is 0.304. The summed E-state index contributed by atoms with van der Waals surface area (Å²) in [6.07, 6.45) is -0.230. The highest BCUT2D eigenvalue weighted by Gasteiger charge is 2.30. The summed E-state index contributed by atoms with van der Waals surface area (Å²) in [6.45, 7) is 1.90. The van der Waals surface area contributed by atoms with Crippen molar-refractivity contribution in [1.82, 2.24) is 24.7 Å². The van der Waals surface area contributed by atoms with E-state index in [1.54, 1.807) is 22.9 Å². The summed E-state index contributed by atoms with van der Waals surface area (Å²) in [5.41, 5.74) is 3.35. The van der Waals surface area contributed by atoms with E-state index in [4.69, 9.17) is 0 Å². The number of fused-ring (bicyclic) bond motifs is 1. The fraction of sp³-hybridized carbons (Fsp3) is 0.333. The van der Waals surface area contributed by atoms with Crippen molar-refractivity contribution in [2.75, 3.05) is 28.2 Å². The van der Waals surface area contributed by atoms with Crippen molar-refractivity contribution in [1.29, 1.82) is 0 Å². The van der Waals surface area contributed by atoms with E-state index in [9.17, 15) is 22.0 Å². The molecule has 1 aromatic carbocycles. The molecule has 0 unspecified atom stereocenters. The molecule has 11 nitrogen and oxygen atoms in total. The van der Waals surface area contributed by atoms with Crippen LogP contribution in [0.25, 0.3) is 22.4 Å². The molecule has 0 radical (unpaired) electrons. The van der Waals surface area contributed by atoms with Gasteiger partial charge < -0.3 is 15.6 Å². The molecule has 38 heavy (non-hydrogen) atoms. The van der Waals surface area contributed by atoms with E-state index in [-0.39, 0.29) is 34.5 Å². The fourth-order valence-corrected chi connectivity index (χ4v) is 4.44. The zero-order valence-corrected chi connectivity index (χ0v) is 21.9. The van der Waals surface area contributed by atoms with Crippen molar-refractivity contribution in [3.63, 3.8) is 0 Å². The molecule has 200 valence electrons. The van der Waals surface area contributed by atoms with Gasteiger partial charge in [0.1, 0.15) is 11.3 Å². The van der Waals surface area contributed by atoms with E-state index >= 15 is 0 Å². The maximum absolute atomic E-state index is 13.4. The third-order valence-electron chi connectivity index (χ3n) is 6.39. The zero-order chi connectivity index (χ0) is 27.4. The molecule has 0 aliphatic heterocycles. The molecule has 0 bridgehead atoms. The van der Waals surface area contributed by atoms with Gasteiger partial charge in [0.15, 0.2) is 11.5 Å². The van der Waals surface area contributed by atoms with Gasteiger partial charge in [0.25, 0.3) is 6.43 Å². The first-order chi connectivity index (χ1) is 17.9. The highest BCUT2D eigenvalue weighted by atomic mass is 32.2. The Balaban J connectivity index is 1.61. The number of nitrogens with one attached hydrogen (secondary N) is 3. The standard InChI is InChI=1S/C24H26F2N8O3S/c1-12-9-16(32-33(12)2)14-7-8-15(18(10-14)34(3)38(4,36)37)27-17-11-19(29-24(35)13-5-6-13)28-22-20(17)30-23(31-22)21(25)26/h7-11,13,21H,5-6H2,1-4H3,(H3,27,28,29,30,31,35). The number of carbonyl (C=O) groups excluding carboxylic acids is 1. The molecule has 1 saturated carbocycles. The summed E-state index contributed by atoms with van der Waals surface area (Å²) in [6, 6.07) is 8.48. The summed E-state index contributed by atoms with van der Waals surface area (Å²) in [4.78, 5) is 23.1. The number of aromatic amines is 1. The molecule has 1 amide bonds. The lowest BCUT2D eigenvalue weighted by Gasteiger charge is -2.22. The van der Waals surface area contributed by atoms with Crippen LogP contribution in [-0.4, -0.2) is 52.4 Å². The summed E-state index contributed by atoms with van der Waals surface area (Å²) in [7, 11) is -0.449. The number of amides is 1. The second kappa shape index (κ2) is 9.35. The number of sulfonamides is 1. The van der Waals surface area contributed by atoms with Crippen LogP contribution in [0.1, 0.15) is 30.8 Å². The molecule has 3 aromatic heterocycles. The predicted molar refractivity (Wildman–Crippen MR) is 140 cm³/mol. The van der Waals surface area contributed by atoms with Crippen LogP contribution in [0.5, 0.6) is 0 Å². The number of H-pyrrole nitrogens is 1. The maximum atomic E-state index is 13.4. The lowest BCUT2D eigenvalue weighted by Crippen LogP contribution is -2.25. The number of aromatic nitrogens is 5. The molecule has 0 atom stereocenters. The smallest absolute Gasteiger partial charge is 0.295 e. The Morgan fingerprint density at radius 3 is 2.53 bits per heavy atom. The molecule has 3 heterocycles. The first kappa shape index (κ1) is 25.6. The second-order valence-electron chi connectivity index (χ2n) is 9.32. The van der Waals surface area contributed by atoms with Gasteiger partial charge in [-0.25, -0.2) is 27.2 Å². The van der Waals surface area contributed by atoms with Gasteiger partial charge >= 0.3 is 0 Å². The average molecular weight is 545 g/mol. The molecule has 14 heteroatoms. The predicted octanol–water partition coefficient (Wildman–Crippen LogP) is 4.09. The molecule has 1 aliphatic rings.